The van der Waals surface area contributed by atoms with E-state index in [2.05, 4.69) is 13.1 Å². The van der Waals surface area contributed by atoms with E-state index in [1.54, 1.807) is 27.5 Å². The molecule has 0 aromatic heterocycles. The first kappa shape index (κ1) is 10.4. The van der Waals surface area contributed by atoms with E-state index < -0.39 is 0 Å². The molecule has 0 saturated carbocycles. The van der Waals surface area contributed by atoms with Crippen LogP contribution in [0.4, 0.5) is 0 Å². The van der Waals surface area contributed by atoms with E-state index in [-0.39, 0.29) is 6.57 Å². The standard InChI is InChI=1S/C2H5BS6/c1-2-3-6-7-8-9(4)5/h2H2,1H3. The summed E-state index contributed by atoms with van der Waals surface area (Å²) in [5.74, 6) is 0. The first-order valence-corrected chi connectivity index (χ1v) is 9.32. The maximum absolute atomic E-state index is 4.79. The molecular weight excluding hydrogens is 227 g/mol. The van der Waals surface area contributed by atoms with Crippen molar-refractivity contribution < 1.29 is 0 Å². The Bertz CT molecular complexity index is 284. The molecule has 0 saturated heterocycles. The minimum absolute atomic E-state index is 0.314. The Labute approximate surface area is 75.2 Å². The van der Waals surface area contributed by atoms with Gasteiger partial charge in [0.2, 0.25) is 0 Å². The fourth-order valence-electron chi connectivity index (χ4n) is 0.135. The van der Waals surface area contributed by atoms with E-state index in [0.717, 1.165) is 6.32 Å². The molecule has 0 fully saturated rings. The fraction of sp³-hybridized carbons (Fsp3) is 1.00. The van der Waals surface area contributed by atoms with Gasteiger partial charge < -0.3 is 0 Å². The van der Waals surface area contributed by atoms with Crippen molar-refractivity contribution in [3.63, 3.8) is 0 Å². The second-order valence-electron chi connectivity index (χ2n) is 1.01. The Kier molecular flexibility index (Phi) is 8.64. The van der Waals surface area contributed by atoms with Crippen molar-refractivity contribution in [2.75, 3.05) is 0 Å². The summed E-state index contributed by atoms with van der Waals surface area (Å²) in [5.41, 5.74) is 0. The molecule has 52 valence electrons. The molecule has 9 heavy (non-hydrogen) atoms. The van der Waals surface area contributed by atoms with Gasteiger partial charge in [-0.3, -0.25) is 0 Å². The Morgan fingerprint density at radius 2 is 2.22 bits per heavy atom. The van der Waals surface area contributed by atoms with E-state index >= 15 is 0 Å². The van der Waals surface area contributed by atoms with Crippen LogP contribution in [0.5, 0.6) is 0 Å². The topological polar surface area (TPSA) is 0 Å². The van der Waals surface area contributed by atoms with Gasteiger partial charge in [-0.2, -0.15) is 0 Å². The van der Waals surface area contributed by atoms with Crippen molar-refractivity contribution in [1.29, 1.82) is 0 Å². The zero-order valence-electron chi connectivity index (χ0n) is 4.73. The van der Waals surface area contributed by atoms with Gasteiger partial charge in [-0.1, -0.05) is 0 Å². The molecule has 0 N–H and O–H groups in total. The van der Waals surface area contributed by atoms with E-state index in [1.165, 1.54) is 0 Å². The summed E-state index contributed by atoms with van der Waals surface area (Å²) in [4.78, 5) is 0. The van der Waals surface area contributed by atoms with Gasteiger partial charge in [0.05, 0.1) is 0 Å². The van der Waals surface area contributed by atoms with Crippen molar-refractivity contribution in [3.05, 3.63) is 0 Å². The SMILES string of the molecule is CCB=S=S=S=S(=S)=S. The maximum atomic E-state index is 4.79. The molecular formula is C2H5BS6. The van der Waals surface area contributed by atoms with Crippen LogP contribution in [0.15, 0.2) is 0 Å². The summed E-state index contributed by atoms with van der Waals surface area (Å²) in [5, 5.41) is 0. The van der Waals surface area contributed by atoms with Gasteiger partial charge in [-0.15, -0.1) is 0 Å². The Morgan fingerprint density at radius 3 is 2.67 bits per heavy atom. The summed E-state index contributed by atoms with van der Waals surface area (Å²) < 4.78 is 0. The van der Waals surface area contributed by atoms with Crippen LogP contribution < -0.4 is 0 Å². The average Bonchev–Trinajstić information content (AvgIpc) is 1.80. The predicted molar refractivity (Wildman–Crippen MR) is 60.4 cm³/mol. The Balaban J connectivity index is 4.72. The van der Waals surface area contributed by atoms with Gasteiger partial charge in [0.1, 0.15) is 0 Å². The number of hydrogen-bond acceptors (Lipinski definition) is 2. The summed E-state index contributed by atoms with van der Waals surface area (Å²) in [6.45, 7) is 1.80. The Morgan fingerprint density at radius 1 is 1.56 bits per heavy atom. The number of rotatable bonds is 1. The molecule has 0 unspecified atom stereocenters. The molecule has 0 aliphatic carbocycles. The molecule has 0 radical (unpaired) electrons. The van der Waals surface area contributed by atoms with Gasteiger partial charge in [0.15, 0.2) is 0 Å². The van der Waals surface area contributed by atoms with Crippen molar-refractivity contribution in [2.24, 2.45) is 0 Å². The molecule has 0 aliphatic rings. The molecule has 0 spiro atoms. The van der Waals surface area contributed by atoms with Crippen molar-refractivity contribution in [2.45, 2.75) is 13.2 Å². The third-order valence-corrected chi connectivity index (χ3v) is 8.92. The first-order valence-electron chi connectivity index (χ1n) is 2.18. The number of hydrogen-bond donors (Lipinski definition) is 0. The third-order valence-electron chi connectivity index (χ3n) is 0.357. The minimum atomic E-state index is -0.314. The van der Waals surface area contributed by atoms with Gasteiger partial charge in [-0.25, -0.2) is 0 Å². The van der Waals surface area contributed by atoms with Gasteiger partial charge >= 0.3 is 75.9 Å². The van der Waals surface area contributed by atoms with Crippen LogP contribution in [0, 0.1) is 0 Å². The van der Waals surface area contributed by atoms with E-state index in [1.807, 2.05) is 0 Å². The molecule has 0 heterocycles. The van der Waals surface area contributed by atoms with E-state index in [9.17, 15) is 0 Å². The van der Waals surface area contributed by atoms with Gasteiger partial charge in [0, 0.05) is 0 Å². The molecule has 0 aromatic rings. The molecule has 7 heteroatoms. The zero-order valence-corrected chi connectivity index (χ0v) is 9.63. The molecule has 0 amide bonds. The van der Waals surface area contributed by atoms with Crippen LogP contribution >= 0.6 is 0 Å². The average molecular weight is 232 g/mol. The molecule has 0 rings (SSSR count). The molecule has 0 bridgehead atoms. The van der Waals surface area contributed by atoms with Crippen LogP contribution in [0.2, 0.25) is 6.32 Å². The van der Waals surface area contributed by atoms with Gasteiger partial charge in [0.25, 0.3) is 0 Å². The first-order chi connectivity index (χ1) is 4.27. The van der Waals surface area contributed by atoms with Crippen LogP contribution in [0.1, 0.15) is 6.92 Å². The van der Waals surface area contributed by atoms with Crippen molar-refractivity contribution in [3.8, 4) is 0 Å². The monoisotopic (exact) mass is 232 g/mol. The predicted octanol–water partition coefficient (Wildman–Crippen LogP) is 0.579. The van der Waals surface area contributed by atoms with Crippen LogP contribution in [0.3, 0.4) is 0 Å². The second kappa shape index (κ2) is 7.49. The van der Waals surface area contributed by atoms with E-state index in [4.69, 9.17) is 22.4 Å². The molecule has 0 aliphatic heterocycles. The molecule has 0 aromatic carbocycles. The van der Waals surface area contributed by atoms with E-state index in [0.29, 0.717) is 0 Å². The van der Waals surface area contributed by atoms with Crippen LogP contribution in [-0.2, 0) is 56.5 Å². The summed E-state index contributed by atoms with van der Waals surface area (Å²) in [6, 6.07) is 0. The summed E-state index contributed by atoms with van der Waals surface area (Å²) in [6.07, 6.45) is 3.23. The quantitative estimate of drug-likeness (QED) is 0.607. The van der Waals surface area contributed by atoms with Gasteiger partial charge in [-0.05, 0) is 0 Å². The third kappa shape index (κ3) is 9.38. The fourth-order valence-corrected chi connectivity index (χ4v) is 8.17. The molecule has 0 nitrogen and oxygen atoms in total. The normalized spacial score (nSPS) is 7.22. The zero-order chi connectivity index (χ0) is 7.11. The van der Waals surface area contributed by atoms with Crippen molar-refractivity contribution in [1.82, 2.24) is 0 Å². The van der Waals surface area contributed by atoms with Crippen LogP contribution in [0.25, 0.3) is 0 Å². The Hall–Kier alpha value is 1.38. The summed E-state index contributed by atoms with van der Waals surface area (Å²) >= 11 is 9.57. The second-order valence-corrected chi connectivity index (χ2v) is 11.0. The van der Waals surface area contributed by atoms with Crippen LogP contribution in [-0.4, -0.2) is 6.15 Å². The van der Waals surface area contributed by atoms with Crippen molar-refractivity contribution >= 4 is 62.6 Å². The molecule has 0 atom stereocenters. The summed E-state index contributed by atoms with van der Waals surface area (Å²) in [7, 11) is 4.95.